The lowest BCUT2D eigenvalue weighted by Crippen LogP contribution is -2.45. The highest BCUT2D eigenvalue weighted by molar-refractivity contribution is 7.92. The van der Waals surface area contributed by atoms with Crippen molar-refractivity contribution in [2.24, 2.45) is 0 Å². The SMILES string of the molecule is COC(=O)c1cccc(NC(=O)[C@@H](C)N(c2cccc(F)c2)S(C)(=O)=O)c1C. The molecule has 2 aromatic carbocycles. The minimum atomic E-state index is -3.88. The molecule has 0 radical (unpaired) electrons. The van der Waals surface area contributed by atoms with Crippen LogP contribution in [0.1, 0.15) is 22.8 Å². The number of carbonyl (C=O) groups is 2. The molecule has 0 aliphatic rings. The smallest absolute Gasteiger partial charge is 0.338 e. The fourth-order valence-corrected chi connectivity index (χ4v) is 3.93. The zero-order valence-corrected chi connectivity index (χ0v) is 16.7. The maximum atomic E-state index is 13.6. The number of rotatable bonds is 6. The molecule has 1 atom stereocenters. The van der Waals surface area contributed by atoms with E-state index in [1.54, 1.807) is 25.1 Å². The van der Waals surface area contributed by atoms with E-state index in [2.05, 4.69) is 5.32 Å². The van der Waals surface area contributed by atoms with Gasteiger partial charge >= 0.3 is 5.97 Å². The van der Waals surface area contributed by atoms with Crippen LogP contribution in [0.15, 0.2) is 42.5 Å². The molecule has 28 heavy (non-hydrogen) atoms. The molecule has 1 N–H and O–H groups in total. The second-order valence-corrected chi connectivity index (χ2v) is 8.03. The first-order valence-electron chi connectivity index (χ1n) is 8.30. The van der Waals surface area contributed by atoms with Gasteiger partial charge in [0, 0.05) is 5.69 Å². The van der Waals surface area contributed by atoms with Crippen LogP contribution < -0.4 is 9.62 Å². The lowest BCUT2D eigenvalue weighted by atomic mass is 10.1. The molecule has 0 aliphatic heterocycles. The fraction of sp³-hybridized carbons (Fsp3) is 0.263. The van der Waals surface area contributed by atoms with Gasteiger partial charge in [0.25, 0.3) is 0 Å². The highest BCUT2D eigenvalue weighted by atomic mass is 32.2. The Morgan fingerprint density at radius 2 is 1.82 bits per heavy atom. The zero-order valence-electron chi connectivity index (χ0n) is 15.9. The van der Waals surface area contributed by atoms with Gasteiger partial charge in [0.1, 0.15) is 11.9 Å². The van der Waals surface area contributed by atoms with Crippen molar-refractivity contribution in [3.63, 3.8) is 0 Å². The monoisotopic (exact) mass is 408 g/mol. The molecule has 150 valence electrons. The molecule has 0 aliphatic carbocycles. The standard InChI is InChI=1S/C19H21FN2O5S/c1-12-16(19(24)27-3)9-6-10-17(12)21-18(23)13(2)22(28(4,25)26)15-8-5-7-14(20)11-15/h5-11,13H,1-4H3,(H,21,23)/t13-/m1/s1. The number of hydrogen-bond acceptors (Lipinski definition) is 5. The number of sulfonamides is 1. The number of halogens is 1. The number of hydrogen-bond donors (Lipinski definition) is 1. The number of ether oxygens (including phenoxy) is 1. The number of nitrogens with zero attached hydrogens (tertiary/aromatic N) is 1. The van der Waals surface area contributed by atoms with Crippen molar-refractivity contribution in [1.29, 1.82) is 0 Å². The molecular formula is C19H21FN2O5S. The van der Waals surface area contributed by atoms with Crippen molar-refractivity contribution < 1.29 is 27.1 Å². The first-order valence-corrected chi connectivity index (χ1v) is 10.1. The van der Waals surface area contributed by atoms with Crippen LogP contribution in [0.4, 0.5) is 15.8 Å². The Morgan fingerprint density at radius 3 is 2.39 bits per heavy atom. The Morgan fingerprint density at radius 1 is 1.18 bits per heavy atom. The molecule has 1 amide bonds. The molecule has 0 unspecified atom stereocenters. The number of carbonyl (C=O) groups excluding carboxylic acids is 2. The van der Waals surface area contributed by atoms with Gasteiger partial charge < -0.3 is 10.1 Å². The van der Waals surface area contributed by atoms with Gasteiger partial charge in [0.05, 0.1) is 24.6 Å². The average Bonchev–Trinajstić information content (AvgIpc) is 2.61. The van der Waals surface area contributed by atoms with Crippen LogP contribution in [0, 0.1) is 12.7 Å². The van der Waals surface area contributed by atoms with Crippen molar-refractivity contribution in [3.05, 3.63) is 59.4 Å². The van der Waals surface area contributed by atoms with Crippen LogP contribution >= 0.6 is 0 Å². The summed E-state index contributed by atoms with van der Waals surface area (Å²) in [6.07, 6.45) is 0.935. The lowest BCUT2D eigenvalue weighted by Gasteiger charge is -2.28. The molecule has 9 heteroatoms. The maximum Gasteiger partial charge on any atom is 0.338 e. The van der Waals surface area contributed by atoms with E-state index >= 15 is 0 Å². The number of amides is 1. The third-order valence-corrected chi connectivity index (χ3v) is 5.39. The summed E-state index contributed by atoms with van der Waals surface area (Å²) in [6, 6.07) is 8.51. The van der Waals surface area contributed by atoms with Gasteiger partial charge in [0.15, 0.2) is 0 Å². The van der Waals surface area contributed by atoms with Crippen molar-refractivity contribution in [3.8, 4) is 0 Å². The number of anilines is 2. The third kappa shape index (κ3) is 4.66. The average molecular weight is 408 g/mol. The van der Waals surface area contributed by atoms with E-state index in [9.17, 15) is 22.4 Å². The topological polar surface area (TPSA) is 92.8 Å². The van der Waals surface area contributed by atoms with E-state index in [1.165, 1.54) is 32.2 Å². The molecule has 0 heterocycles. The van der Waals surface area contributed by atoms with Crippen LogP contribution in [0.3, 0.4) is 0 Å². The quantitative estimate of drug-likeness (QED) is 0.742. The summed E-state index contributed by atoms with van der Waals surface area (Å²) in [4.78, 5) is 24.5. The molecule has 2 rings (SSSR count). The van der Waals surface area contributed by atoms with E-state index in [1.807, 2.05) is 0 Å². The van der Waals surface area contributed by atoms with E-state index in [0.717, 1.165) is 16.6 Å². The fourth-order valence-electron chi connectivity index (χ4n) is 2.76. The summed E-state index contributed by atoms with van der Waals surface area (Å²) in [5.74, 6) is -1.82. The molecule has 2 aromatic rings. The second kappa shape index (κ2) is 8.39. The van der Waals surface area contributed by atoms with Crippen molar-refractivity contribution in [2.45, 2.75) is 19.9 Å². The van der Waals surface area contributed by atoms with Crippen LogP contribution in [0.5, 0.6) is 0 Å². The molecule has 0 aromatic heterocycles. The molecule has 0 spiro atoms. The van der Waals surface area contributed by atoms with E-state index < -0.39 is 33.8 Å². The van der Waals surface area contributed by atoms with Gasteiger partial charge in [-0.25, -0.2) is 17.6 Å². The Bertz CT molecular complexity index is 1010. The maximum absolute atomic E-state index is 13.6. The van der Waals surface area contributed by atoms with E-state index in [-0.39, 0.29) is 11.3 Å². The Balaban J connectivity index is 2.36. The minimum Gasteiger partial charge on any atom is -0.465 e. The zero-order chi connectivity index (χ0) is 21.1. The van der Waals surface area contributed by atoms with Crippen LogP contribution in [0.25, 0.3) is 0 Å². The van der Waals surface area contributed by atoms with Gasteiger partial charge in [-0.2, -0.15) is 0 Å². The summed E-state index contributed by atoms with van der Waals surface area (Å²) in [7, 11) is -2.63. The van der Waals surface area contributed by atoms with E-state index in [0.29, 0.717) is 11.3 Å². The first kappa shape index (κ1) is 21.4. The second-order valence-electron chi connectivity index (χ2n) is 6.17. The molecule has 0 saturated carbocycles. The molecule has 0 bridgehead atoms. The lowest BCUT2D eigenvalue weighted by molar-refractivity contribution is -0.116. The number of esters is 1. The summed E-state index contributed by atoms with van der Waals surface area (Å²) >= 11 is 0. The number of methoxy groups -OCH3 is 1. The highest BCUT2D eigenvalue weighted by Crippen LogP contribution is 2.24. The van der Waals surface area contributed by atoms with Crippen molar-refractivity contribution >= 4 is 33.3 Å². The molecule has 0 saturated heterocycles. The van der Waals surface area contributed by atoms with Crippen LogP contribution in [-0.2, 0) is 19.6 Å². The summed E-state index contributed by atoms with van der Waals surface area (Å²) < 4.78 is 43.6. The van der Waals surface area contributed by atoms with Gasteiger partial charge in [-0.15, -0.1) is 0 Å². The third-order valence-electron chi connectivity index (χ3n) is 4.15. The Kier molecular flexibility index (Phi) is 6.40. The van der Waals surface area contributed by atoms with Crippen molar-refractivity contribution in [2.75, 3.05) is 23.0 Å². The number of benzene rings is 2. The van der Waals surface area contributed by atoms with Crippen LogP contribution in [0.2, 0.25) is 0 Å². The molecule has 7 nitrogen and oxygen atoms in total. The molecular weight excluding hydrogens is 387 g/mol. The minimum absolute atomic E-state index is 0.0326. The first-order chi connectivity index (χ1) is 13.1. The number of nitrogens with one attached hydrogen (secondary N) is 1. The van der Waals surface area contributed by atoms with Crippen molar-refractivity contribution in [1.82, 2.24) is 0 Å². The Labute approximate surface area is 163 Å². The van der Waals surface area contributed by atoms with Gasteiger partial charge in [-0.3, -0.25) is 9.10 Å². The van der Waals surface area contributed by atoms with Gasteiger partial charge in [-0.05, 0) is 49.7 Å². The summed E-state index contributed by atoms with van der Waals surface area (Å²) in [6.45, 7) is 3.02. The Hall–Kier alpha value is -2.94. The largest absolute Gasteiger partial charge is 0.465 e. The van der Waals surface area contributed by atoms with Gasteiger partial charge in [0.2, 0.25) is 15.9 Å². The summed E-state index contributed by atoms with van der Waals surface area (Å²) in [5.41, 5.74) is 1.13. The van der Waals surface area contributed by atoms with Gasteiger partial charge in [-0.1, -0.05) is 12.1 Å². The molecule has 0 fully saturated rings. The predicted octanol–water partition coefficient (Wildman–Crippen LogP) is 2.71. The van der Waals surface area contributed by atoms with E-state index in [4.69, 9.17) is 4.74 Å². The summed E-state index contributed by atoms with van der Waals surface area (Å²) in [5, 5.41) is 2.62. The predicted molar refractivity (Wildman–Crippen MR) is 104 cm³/mol. The van der Waals surface area contributed by atoms with Crippen LogP contribution in [-0.4, -0.2) is 39.7 Å². The highest BCUT2D eigenvalue weighted by Gasteiger charge is 2.30. The normalized spacial score (nSPS) is 12.2.